The Kier molecular flexibility index (Phi) is 11.3. The summed E-state index contributed by atoms with van der Waals surface area (Å²) in [6.07, 6.45) is 5.61. The summed E-state index contributed by atoms with van der Waals surface area (Å²) in [6, 6.07) is 12.9. The molecule has 6 heterocycles. The predicted molar refractivity (Wildman–Crippen MR) is 232 cm³/mol. The molecule has 6 aliphatic rings. The van der Waals surface area contributed by atoms with Gasteiger partial charge in [-0.05, 0) is 74.2 Å². The highest BCUT2D eigenvalue weighted by atomic mass is 32.3. The minimum Gasteiger partial charge on any atom is -0.496 e. The third-order valence-corrected chi connectivity index (χ3v) is 15.5. The molecular weight excluding hydrogens is 833 g/mol. The number of nitriles is 1. The van der Waals surface area contributed by atoms with E-state index >= 15 is 4.79 Å². The zero-order valence-electron chi connectivity index (χ0n) is 36.3. The molecule has 1 amide bonds. The van der Waals surface area contributed by atoms with Crippen molar-refractivity contribution < 1.29 is 51.9 Å². The van der Waals surface area contributed by atoms with Crippen molar-refractivity contribution in [2.75, 3.05) is 65.4 Å². The van der Waals surface area contributed by atoms with Crippen LogP contribution in [-0.4, -0.2) is 149 Å². The lowest BCUT2D eigenvalue weighted by Gasteiger charge is -2.63. The average Bonchev–Trinajstić information content (AvgIpc) is 3.92. The molecule has 9 rings (SSSR count). The van der Waals surface area contributed by atoms with Crippen LogP contribution in [0.5, 0.6) is 5.75 Å². The molecule has 1 saturated carbocycles. The number of aromatic amines is 1. The van der Waals surface area contributed by atoms with Gasteiger partial charge in [0.1, 0.15) is 23.8 Å². The average molecular weight is 891 g/mol. The molecular formula is C45H58N6O11S. The number of rotatable bonds is 7. The van der Waals surface area contributed by atoms with Crippen LogP contribution >= 0.6 is 0 Å². The fourth-order valence-electron chi connectivity index (χ4n) is 13.3. The van der Waals surface area contributed by atoms with Gasteiger partial charge in [0, 0.05) is 84.0 Å². The number of hydrogen-bond donors (Lipinski definition) is 7. The van der Waals surface area contributed by atoms with Crippen LogP contribution in [0.25, 0.3) is 10.9 Å². The van der Waals surface area contributed by atoms with Crippen LogP contribution in [0.2, 0.25) is 0 Å². The first-order valence-corrected chi connectivity index (χ1v) is 23.0. The number of carbonyl (C=O) groups excluding carboxylic acids is 2. The van der Waals surface area contributed by atoms with Crippen molar-refractivity contribution >= 4 is 38.9 Å². The molecule has 63 heavy (non-hydrogen) atoms. The van der Waals surface area contributed by atoms with Gasteiger partial charge < -0.3 is 40.0 Å². The fraction of sp³-hybridized carbons (Fsp3) is 0.578. The molecule has 0 radical (unpaired) electrons. The normalized spacial score (nSPS) is 35.3. The Morgan fingerprint density at radius 2 is 1.78 bits per heavy atom. The van der Waals surface area contributed by atoms with Gasteiger partial charge in [-0.2, -0.15) is 13.7 Å². The summed E-state index contributed by atoms with van der Waals surface area (Å²) in [5.41, 5.74) is -1.72. The fourth-order valence-corrected chi connectivity index (χ4v) is 13.3. The molecule has 2 bridgehead atoms. The number of ether oxygens (including phenoxy) is 2. The maximum Gasteiger partial charge on any atom is 0.394 e. The lowest BCUT2D eigenvalue weighted by molar-refractivity contribution is -0.203. The molecule has 18 heteroatoms. The number of aliphatic hydroxyl groups excluding tert-OH is 1. The molecule has 340 valence electrons. The lowest BCUT2D eigenvalue weighted by atomic mass is 9.47. The number of aliphatic hydroxyl groups is 3. The molecule has 17 nitrogen and oxygen atoms in total. The van der Waals surface area contributed by atoms with Gasteiger partial charge in [-0.1, -0.05) is 44.2 Å². The number of para-hydroxylation sites is 1. The van der Waals surface area contributed by atoms with Gasteiger partial charge in [0.05, 0.1) is 31.9 Å². The number of anilines is 1. The number of benzene rings is 2. The van der Waals surface area contributed by atoms with Crippen LogP contribution in [0.3, 0.4) is 0 Å². The van der Waals surface area contributed by atoms with Crippen LogP contribution in [0.4, 0.5) is 5.69 Å². The van der Waals surface area contributed by atoms with Gasteiger partial charge >= 0.3 is 16.4 Å². The highest BCUT2D eigenvalue weighted by Gasteiger charge is 2.78. The monoisotopic (exact) mass is 890 g/mol. The summed E-state index contributed by atoms with van der Waals surface area (Å²) in [5.74, 6) is -0.886. The number of esters is 1. The van der Waals surface area contributed by atoms with Gasteiger partial charge in [-0.25, -0.2) is 0 Å². The third-order valence-electron chi connectivity index (χ3n) is 15.5. The largest absolute Gasteiger partial charge is 0.496 e. The molecule has 2 saturated heterocycles. The number of aromatic nitrogens is 1. The Hall–Kier alpha value is -4.58. The third kappa shape index (κ3) is 6.60. The first-order chi connectivity index (χ1) is 29.8. The molecule has 1 unspecified atom stereocenters. The highest BCUT2D eigenvalue weighted by Crippen LogP contribution is 2.67. The van der Waals surface area contributed by atoms with Crippen LogP contribution < -0.4 is 15.0 Å². The van der Waals surface area contributed by atoms with Crippen molar-refractivity contribution in [3.63, 3.8) is 0 Å². The van der Waals surface area contributed by atoms with Gasteiger partial charge in [-0.15, -0.1) is 0 Å². The maximum absolute atomic E-state index is 15.3. The zero-order valence-corrected chi connectivity index (χ0v) is 37.1. The molecule has 1 spiro atoms. The minimum absolute atomic E-state index is 0.0985. The standard InChI is InChI=1S/C45H56N6O7.H2O4S/c1-6-41(55)23-27-24-44(40(54)58-5,35-29(13-19-50(25-27)26-41)28-11-8-9-12-32(28)48-35)31-21-30-33(22-34(31)57-4)49(3)37-43(30)15-20-51-18-10-14-42(7-2,36(43)51)38(52)45(37,56)39(53)47-17-16-46;1-5(2,3)4/h8-12,14,21-22,27,36-38,48,52,55-56H,6-7,13,15,17-20,23-26H2,1-5H3,(H,47,53);(H2,1,2,3,4)/t27-,36+,37-,38-,41+,42-,43-,44+,45+;/m1./s1. The number of methoxy groups -OCH3 is 2. The van der Waals surface area contributed by atoms with Crippen molar-refractivity contribution in [3.8, 4) is 11.8 Å². The van der Waals surface area contributed by atoms with E-state index in [9.17, 15) is 25.4 Å². The van der Waals surface area contributed by atoms with E-state index in [4.69, 9.17) is 27.0 Å². The van der Waals surface area contributed by atoms with Crippen LogP contribution in [-0.2, 0) is 42.0 Å². The number of amides is 1. The number of carbonyl (C=O) groups is 2. The first-order valence-electron chi connectivity index (χ1n) is 21.6. The Bertz CT molecular complexity index is 2500. The SMILES string of the molecule is CC[C@]1(O)C[C@H]2CN(CCc3c([nH]c4ccccc34)[C@@](C(=O)OC)(c3cc4c(cc3OC)N(C)[C@H]3[C@@](O)(C(=O)NCC#N)[C@H](O)[C@]5(CC)C=CCN6CC[C@]43[C@@H]65)C2)C1.O=S(=O)(O)O. The second-order valence-corrected chi connectivity index (χ2v) is 19.3. The van der Waals surface area contributed by atoms with E-state index in [0.717, 1.165) is 33.4 Å². The molecule has 2 aromatic carbocycles. The smallest absolute Gasteiger partial charge is 0.394 e. The zero-order chi connectivity index (χ0) is 45.5. The van der Waals surface area contributed by atoms with E-state index in [1.54, 1.807) is 7.11 Å². The van der Waals surface area contributed by atoms with Gasteiger partial charge in [0.25, 0.3) is 5.91 Å². The first kappa shape index (κ1) is 45.0. The second kappa shape index (κ2) is 15.8. The summed E-state index contributed by atoms with van der Waals surface area (Å²) in [7, 11) is 0.204. The number of likely N-dealkylation sites (N-methyl/N-ethyl adjacent to an activating group) is 1. The van der Waals surface area contributed by atoms with E-state index < -0.39 is 61.9 Å². The summed E-state index contributed by atoms with van der Waals surface area (Å²) in [5, 5.41) is 50.7. The Labute approximate surface area is 367 Å². The van der Waals surface area contributed by atoms with Crippen molar-refractivity contribution in [3.05, 3.63) is 70.9 Å². The second-order valence-electron chi connectivity index (χ2n) is 18.4. The van der Waals surface area contributed by atoms with E-state index in [-0.39, 0.29) is 18.5 Å². The predicted octanol–water partition coefficient (Wildman–Crippen LogP) is 2.23. The molecule has 1 aliphatic carbocycles. The number of H-pyrrole nitrogens is 1. The number of nitrogens with one attached hydrogen (secondary N) is 2. The number of fused-ring (bicyclic) bond motifs is 6. The number of piperidine rings is 1. The number of nitrogens with zero attached hydrogens (tertiary/aromatic N) is 4. The summed E-state index contributed by atoms with van der Waals surface area (Å²) in [4.78, 5) is 40.1. The van der Waals surface area contributed by atoms with Gasteiger partial charge in [0.15, 0.2) is 5.60 Å². The van der Waals surface area contributed by atoms with Crippen LogP contribution in [0.15, 0.2) is 48.6 Å². The summed E-state index contributed by atoms with van der Waals surface area (Å²) in [6.45, 7) is 6.96. The molecule has 3 aromatic rings. The Morgan fingerprint density at radius 3 is 2.44 bits per heavy atom. The van der Waals surface area contributed by atoms with Gasteiger partial charge in [0.2, 0.25) is 0 Å². The van der Waals surface area contributed by atoms with E-state index in [1.165, 1.54) is 7.11 Å². The summed E-state index contributed by atoms with van der Waals surface area (Å²) < 4.78 is 43.9. The van der Waals surface area contributed by atoms with Crippen molar-refractivity contribution in [1.82, 2.24) is 20.1 Å². The van der Waals surface area contributed by atoms with Crippen molar-refractivity contribution in [2.24, 2.45) is 11.3 Å². The van der Waals surface area contributed by atoms with Gasteiger partial charge in [-0.3, -0.25) is 28.5 Å². The Morgan fingerprint density at radius 1 is 1.05 bits per heavy atom. The number of hydrogen-bond acceptors (Lipinski definition) is 13. The highest BCUT2D eigenvalue weighted by molar-refractivity contribution is 7.79. The van der Waals surface area contributed by atoms with E-state index in [2.05, 4.69) is 32.2 Å². The van der Waals surface area contributed by atoms with Crippen molar-refractivity contribution in [2.45, 2.75) is 92.6 Å². The quantitative estimate of drug-likeness (QED) is 0.0778. The van der Waals surface area contributed by atoms with Crippen LogP contribution in [0, 0.1) is 22.7 Å². The molecule has 1 aromatic heterocycles. The van der Waals surface area contributed by atoms with Crippen LogP contribution in [0.1, 0.15) is 68.3 Å². The topological polar surface area (TPSA) is 249 Å². The maximum atomic E-state index is 15.3. The minimum atomic E-state index is -4.67. The lowest BCUT2D eigenvalue weighted by Crippen LogP contribution is -2.81. The van der Waals surface area contributed by atoms with E-state index in [0.29, 0.717) is 82.6 Å². The molecule has 10 atom stereocenters. The van der Waals surface area contributed by atoms with Crippen molar-refractivity contribution in [1.29, 1.82) is 5.26 Å². The molecule has 5 aliphatic heterocycles. The Balaban J connectivity index is 0.00000103. The molecule has 3 fully saturated rings. The molecule has 7 N–H and O–H groups in total. The summed E-state index contributed by atoms with van der Waals surface area (Å²) >= 11 is 0. The van der Waals surface area contributed by atoms with E-state index in [1.807, 2.05) is 68.3 Å².